The summed E-state index contributed by atoms with van der Waals surface area (Å²) in [6.45, 7) is 2.93. The van der Waals surface area contributed by atoms with Crippen LogP contribution in [-0.4, -0.2) is 46.9 Å². The molecule has 8 heteroatoms. The summed E-state index contributed by atoms with van der Waals surface area (Å²) in [5.41, 5.74) is 2.05. The fraction of sp³-hybridized carbons (Fsp3) is 0.222. The number of methoxy groups -OCH3 is 1. The molecule has 0 saturated heterocycles. The summed E-state index contributed by atoms with van der Waals surface area (Å²) in [4.78, 5) is 32.7. The van der Waals surface area contributed by atoms with Crippen molar-refractivity contribution in [2.24, 2.45) is 0 Å². The van der Waals surface area contributed by atoms with Crippen LogP contribution in [-0.2, 0) is 11.3 Å². The number of aromatic nitrogens is 2. The summed E-state index contributed by atoms with van der Waals surface area (Å²) in [6, 6.07) is 22.1. The van der Waals surface area contributed by atoms with E-state index < -0.39 is 0 Å². The Bertz CT molecular complexity index is 1390. The monoisotopic (exact) mass is 489 g/mol. The largest absolute Gasteiger partial charge is 0.497 e. The lowest BCUT2D eigenvalue weighted by Gasteiger charge is -2.18. The van der Waals surface area contributed by atoms with E-state index >= 15 is 0 Å². The number of rotatable bonds is 9. The van der Waals surface area contributed by atoms with Gasteiger partial charge in [-0.15, -0.1) is 0 Å². The van der Waals surface area contributed by atoms with Gasteiger partial charge in [-0.25, -0.2) is 4.98 Å². The molecular weight excluding hydrogens is 462 g/mol. The second-order valence-electron chi connectivity index (χ2n) is 7.87. The summed E-state index contributed by atoms with van der Waals surface area (Å²) in [5, 5.41) is 0.980. The fourth-order valence-electron chi connectivity index (χ4n) is 3.66. The number of hydrogen-bond acceptors (Lipinski definition) is 6. The second kappa shape index (κ2) is 11.1. The van der Waals surface area contributed by atoms with E-state index in [1.165, 1.54) is 11.8 Å². The van der Waals surface area contributed by atoms with Gasteiger partial charge in [0.2, 0.25) is 5.91 Å². The van der Waals surface area contributed by atoms with Crippen LogP contribution in [0.25, 0.3) is 16.6 Å². The molecule has 0 saturated carbocycles. The first-order chi connectivity index (χ1) is 17.0. The molecule has 3 aromatic carbocycles. The van der Waals surface area contributed by atoms with Crippen LogP contribution < -0.4 is 15.0 Å². The Morgan fingerprint density at radius 2 is 1.80 bits per heavy atom. The highest BCUT2D eigenvalue weighted by atomic mass is 32.2. The van der Waals surface area contributed by atoms with Gasteiger partial charge in [0.15, 0.2) is 5.16 Å². The van der Waals surface area contributed by atoms with Crippen LogP contribution in [0.1, 0.15) is 12.5 Å². The molecule has 0 aliphatic heterocycles. The van der Waals surface area contributed by atoms with Crippen molar-refractivity contribution in [3.8, 4) is 17.2 Å². The molecule has 0 unspecified atom stereocenters. The maximum absolute atomic E-state index is 13.4. The van der Waals surface area contributed by atoms with Crippen molar-refractivity contribution < 1.29 is 14.3 Å². The highest BCUT2D eigenvalue weighted by Gasteiger charge is 2.17. The number of hydrogen-bond donors (Lipinski definition) is 0. The van der Waals surface area contributed by atoms with Gasteiger partial charge in [-0.05, 0) is 61.0 Å². The number of para-hydroxylation sites is 1. The van der Waals surface area contributed by atoms with Gasteiger partial charge in [0.1, 0.15) is 11.5 Å². The van der Waals surface area contributed by atoms with E-state index in [0.717, 1.165) is 17.1 Å². The minimum atomic E-state index is -0.181. The number of thioether (sulfide) groups is 1. The van der Waals surface area contributed by atoms with Gasteiger partial charge in [0.05, 0.1) is 36.1 Å². The van der Waals surface area contributed by atoms with E-state index in [-0.39, 0.29) is 17.2 Å². The molecule has 0 bridgehead atoms. The van der Waals surface area contributed by atoms with E-state index in [9.17, 15) is 9.59 Å². The third-order valence-corrected chi connectivity index (χ3v) is 6.38. The van der Waals surface area contributed by atoms with E-state index in [1.807, 2.05) is 67.6 Å². The molecule has 0 aliphatic rings. The van der Waals surface area contributed by atoms with Crippen molar-refractivity contribution >= 4 is 28.6 Å². The summed E-state index contributed by atoms with van der Waals surface area (Å²) in [5.74, 6) is 1.54. The van der Waals surface area contributed by atoms with Crippen LogP contribution in [0.2, 0.25) is 0 Å². The number of ether oxygens (including phenoxy) is 2. The third-order valence-electron chi connectivity index (χ3n) is 5.46. The van der Waals surface area contributed by atoms with E-state index in [2.05, 4.69) is 0 Å². The van der Waals surface area contributed by atoms with Gasteiger partial charge in [-0.1, -0.05) is 36.0 Å². The van der Waals surface area contributed by atoms with Gasteiger partial charge >= 0.3 is 0 Å². The van der Waals surface area contributed by atoms with Crippen LogP contribution in [0, 0.1) is 0 Å². The number of carbonyl (C=O) groups is 1. The molecule has 0 radical (unpaired) electrons. The first kappa shape index (κ1) is 24.3. The SMILES string of the molecule is CCOc1ccc(-n2c(SCC(=O)N(C)Cc3cccc(OC)c3)nc3ccccc3c2=O)cc1. The molecule has 1 amide bonds. The lowest BCUT2D eigenvalue weighted by molar-refractivity contribution is -0.127. The summed E-state index contributed by atoms with van der Waals surface area (Å²) >= 11 is 1.24. The van der Waals surface area contributed by atoms with Crippen LogP contribution in [0.5, 0.6) is 11.5 Å². The summed E-state index contributed by atoms with van der Waals surface area (Å²) in [6.07, 6.45) is 0. The lowest BCUT2D eigenvalue weighted by atomic mass is 10.2. The Morgan fingerprint density at radius 3 is 2.54 bits per heavy atom. The van der Waals surface area contributed by atoms with Gasteiger partial charge in [-0.3, -0.25) is 14.2 Å². The van der Waals surface area contributed by atoms with Crippen LogP contribution in [0.4, 0.5) is 0 Å². The molecule has 180 valence electrons. The van der Waals surface area contributed by atoms with Crippen LogP contribution >= 0.6 is 11.8 Å². The maximum atomic E-state index is 13.4. The summed E-state index contributed by atoms with van der Waals surface area (Å²) < 4.78 is 12.4. The minimum absolute atomic E-state index is 0.0709. The molecule has 1 aromatic heterocycles. The molecule has 0 N–H and O–H groups in total. The molecular formula is C27H27N3O4S. The predicted octanol–water partition coefficient (Wildman–Crippen LogP) is 4.54. The maximum Gasteiger partial charge on any atom is 0.266 e. The smallest absolute Gasteiger partial charge is 0.266 e. The molecule has 7 nitrogen and oxygen atoms in total. The van der Waals surface area contributed by atoms with Crippen LogP contribution in [0.15, 0.2) is 82.7 Å². The van der Waals surface area contributed by atoms with E-state index in [4.69, 9.17) is 14.5 Å². The molecule has 0 aliphatic carbocycles. The van der Waals surface area contributed by atoms with Gasteiger partial charge in [0, 0.05) is 13.6 Å². The molecule has 4 rings (SSSR count). The number of fused-ring (bicyclic) bond motifs is 1. The average molecular weight is 490 g/mol. The van der Waals surface area contributed by atoms with E-state index in [0.29, 0.717) is 34.9 Å². The van der Waals surface area contributed by atoms with Crippen molar-refractivity contribution in [1.82, 2.24) is 14.5 Å². The topological polar surface area (TPSA) is 73.7 Å². The predicted molar refractivity (Wildman–Crippen MR) is 139 cm³/mol. The van der Waals surface area contributed by atoms with Gasteiger partial charge in [0.25, 0.3) is 5.56 Å². The number of nitrogens with zero attached hydrogens (tertiary/aromatic N) is 3. The van der Waals surface area contributed by atoms with E-state index in [1.54, 1.807) is 35.8 Å². The van der Waals surface area contributed by atoms with Gasteiger partial charge in [-0.2, -0.15) is 0 Å². The van der Waals surface area contributed by atoms with Crippen molar-refractivity contribution in [3.63, 3.8) is 0 Å². The Kier molecular flexibility index (Phi) is 7.72. The minimum Gasteiger partial charge on any atom is -0.497 e. The molecule has 0 spiro atoms. The molecule has 0 atom stereocenters. The third kappa shape index (κ3) is 5.66. The number of carbonyl (C=O) groups excluding carboxylic acids is 1. The van der Waals surface area contributed by atoms with Crippen molar-refractivity contribution in [2.75, 3.05) is 26.5 Å². The Morgan fingerprint density at radius 1 is 1.03 bits per heavy atom. The average Bonchev–Trinajstić information content (AvgIpc) is 2.88. The number of amides is 1. The Labute approximate surface area is 208 Å². The quantitative estimate of drug-likeness (QED) is 0.254. The van der Waals surface area contributed by atoms with Crippen molar-refractivity contribution in [2.45, 2.75) is 18.6 Å². The Balaban J connectivity index is 1.59. The first-order valence-electron chi connectivity index (χ1n) is 11.2. The number of benzene rings is 3. The fourth-order valence-corrected chi connectivity index (χ4v) is 4.62. The Hall–Kier alpha value is -3.78. The zero-order valence-corrected chi connectivity index (χ0v) is 20.7. The molecule has 0 fully saturated rings. The van der Waals surface area contributed by atoms with Crippen molar-refractivity contribution in [3.05, 3.63) is 88.7 Å². The van der Waals surface area contributed by atoms with Gasteiger partial charge < -0.3 is 14.4 Å². The lowest BCUT2D eigenvalue weighted by Crippen LogP contribution is -2.28. The standard InChI is InChI=1S/C27H27N3O4S/c1-4-34-21-14-12-20(13-15-21)30-26(32)23-10-5-6-11-24(23)28-27(30)35-18-25(31)29(2)17-19-8-7-9-22(16-19)33-3/h5-16H,4,17-18H2,1-3H3. The molecule has 4 aromatic rings. The molecule has 35 heavy (non-hydrogen) atoms. The highest BCUT2D eigenvalue weighted by Crippen LogP contribution is 2.23. The zero-order valence-electron chi connectivity index (χ0n) is 19.9. The normalized spacial score (nSPS) is 10.8. The van der Waals surface area contributed by atoms with Crippen molar-refractivity contribution in [1.29, 1.82) is 0 Å². The van der Waals surface area contributed by atoms with Crippen LogP contribution in [0.3, 0.4) is 0 Å². The highest BCUT2D eigenvalue weighted by molar-refractivity contribution is 7.99. The molecule has 1 heterocycles. The first-order valence-corrected chi connectivity index (χ1v) is 12.2. The zero-order chi connectivity index (χ0) is 24.8. The second-order valence-corrected chi connectivity index (χ2v) is 8.81. The summed E-state index contributed by atoms with van der Waals surface area (Å²) in [7, 11) is 3.38.